The Morgan fingerprint density at radius 3 is 1.86 bits per heavy atom. The van der Waals surface area contributed by atoms with Gasteiger partial charge in [0.25, 0.3) is 11.8 Å². The second-order valence-corrected chi connectivity index (χ2v) is 5.79. The van der Waals surface area contributed by atoms with E-state index in [4.69, 9.17) is 9.47 Å². The highest BCUT2D eigenvalue weighted by molar-refractivity contribution is 5.99. The summed E-state index contributed by atoms with van der Waals surface area (Å²) < 4.78 is 10.3. The lowest BCUT2D eigenvalue weighted by molar-refractivity contribution is 0.0846. The lowest BCUT2D eigenvalue weighted by Crippen LogP contribution is -2.41. The van der Waals surface area contributed by atoms with E-state index in [1.165, 1.54) is 20.3 Å². The molecule has 3 aromatic rings. The van der Waals surface area contributed by atoms with E-state index in [1.807, 2.05) is 24.3 Å². The molecular weight excluding hydrogens is 358 g/mol. The number of hydrazine groups is 1. The lowest BCUT2D eigenvalue weighted by Gasteiger charge is -2.11. The van der Waals surface area contributed by atoms with Crippen LogP contribution in [0, 0.1) is 0 Å². The van der Waals surface area contributed by atoms with Gasteiger partial charge in [-0.2, -0.15) is 0 Å². The molecule has 0 saturated heterocycles. The number of aromatic nitrogens is 1. The van der Waals surface area contributed by atoms with Crippen LogP contribution in [0.4, 0.5) is 0 Å². The first-order valence-electron chi connectivity index (χ1n) is 8.45. The molecular formula is C21H19N3O4. The number of carbonyl (C=O) groups excluding carboxylic acids is 2. The number of pyridine rings is 1. The van der Waals surface area contributed by atoms with Gasteiger partial charge in [-0.3, -0.25) is 25.4 Å². The molecule has 1 heterocycles. The van der Waals surface area contributed by atoms with E-state index in [0.717, 1.165) is 11.1 Å². The molecule has 0 spiro atoms. The average molecular weight is 377 g/mol. The van der Waals surface area contributed by atoms with Crippen molar-refractivity contribution in [2.24, 2.45) is 0 Å². The Kier molecular flexibility index (Phi) is 5.86. The monoisotopic (exact) mass is 377 g/mol. The molecule has 0 fully saturated rings. The predicted molar refractivity (Wildman–Crippen MR) is 104 cm³/mol. The Morgan fingerprint density at radius 1 is 0.714 bits per heavy atom. The molecule has 0 aliphatic carbocycles. The molecule has 0 atom stereocenters. The average Bonchev–Trinajstić information content (AvgIpc) is 2.77. The maximum absolute atomic E-state index is 12.3. The third-order valence-corrected chi connectivity index (χ3v) is 4.10. The maximum Gasteiger partial charge on any atom is 0.269 e. The quantitative estimate of drug-likeness (QED) is 0.668. The Hall–Kier alpha value is -3.87. The fraction of sp³-hybridized carbons (Fsp3) is 0.0952. The third-order valence-electron chi connectivity index (χ3n) is 4.10. The topological polar surface area (TPSA) is 89.6 Å². The van der Waals surface area contributed by atoms with E-state index >= 15 is 0 Å². The Bertz CT molecular complexity index is 973. The van der Waals surface area contributed by atoms with Crippen LogP contribution in [0.1, 0.15) is 20.7 Å². The number of benzene rings is 2. The van der Waals surface area contributed by atoms with Gasteiger partial charge >= 0.3 is 0 Å². The van der Waals surface area contributed by atoms with Crippen LogP contribution < -0.4 is 20.3 Å². The first-order valence-corrected chi connectivity index (χ1v) is 8.45. The highest BCUT2D eigenvalue weighted by atomic mass is 16.5. The molecule has 0 bridgehead atoms. The van der Waals surface area contributed by atoms with Crippen molar-refractivity contribution >= 4 is 11.8 Å². The normalized spacial score (nSPS) is 10.1. The van der Waals surface area contributed by atoms with Crippen molar-refractivity contribution in [1.82, 2.24) is 15.8 Å². The second-order valence-electron chi connectivity index (χ2n) is 5.79. The number of hydrogen-bond donors (Lipinski definition) is 2. The van der Waals surface area contributed by atoms with Crippen molar-refractivity contribution in [3.8, 4) is 22.6 Å². The molecule has 7 nitrogen and oxygen atoms in total. The van der Waals surface area contributed by atoms with Crippen molar-refractivity contribution in [2.75, 3.05) is 14.2 Å². The van der Waals surface area contributed by atoms with Crippen LogP contribution in [0.15, 0.2) is 67.0 Å². The molecule has 2 N–H and O–H groups in total. The van der Waals surface area contributed by atoms with E-state index in [1.54, 1.807) is 36.7 Å². The van der Waals surface area contributed by atoms with Crippen molar-refractivity contribution in [3.05, 3.63) is 78.1 Å². The fourth-order valence-electron chi connectivity index (χ4n) is 2.59. The van der Waals surface area contributed by atoms with E-state index < -0.39 is 11.8 Å². The smallest absolute Gasteiger partial charge is 0.269 e. The first-order chi connectivity index (χ1) is 13.6. The molecule has 3 rings (SSSR count). The van der Waals surface area contributed by atoms with Gasteiger partial charge in [0.2, 0.25) is 0 Å². The molecule has 0 saturated carbocycles. The fourth-order valence-corrected chi connectivity index (χ4v) is 2.59. The number of hydrogen-bond acceptors (Lipinski definition) is 5. The number of methoxy groups -OCH3 is 2. The van der Waals surface area contributed by atoms with Crippen molar-refractivity contribution in [1.29, 1.82) is 0 Å². The van der Waals surface area contributed by atoms with Crippen LogP contribution in [0.2, 0.25) is 0 Å². The number of nitrogens with one attached hydrogen (secondary N) is 2. The summed E-state index contributed by atoms with van der Waals surface area (Å²) in [4.78, 5) is 28.5. The van der Waals surface area contributed by atoms with Crippen molar-refractivity contribution in [2.45, 2.75) is 0 Å². The van der Waals surface area contributed by atoms with E-state index in [9.17, 15) is 9.59 Å². The minimum atomic E-state index is -0.470. The Balaban J connectivity index is 1.63. The number of nitrogens with zero attached hydrogens (tertiary/aromatic N) is 1. The van der Waals surface area contributed by atoms with Gasteiger partial charge < -0.3 is 9.47 Å². The summed E-state index contributed by atoms with van der Waals surface area (Å²) in [6, 6.07) is 15.5. The molecule has 2 amide bonds. The van der Waals surface area contributed by atoms with Crippen LogP contribution in [0.3, 0.4) is 0 Å². The van der Waals surface area contributed by atoms with Gasteiger partial charge in [0.1, 0.15) is 0 Å². The minimum absolute atomic E-state index is 0.325. The summed E-state index contributed by atoms with van der Waals surface area (Å²) in [7, 11) is 2.99. The van der Waals surface area contributed by atoms with E-state index in [2.05, 4.69) is 15.8 Å². The largest absolute Gasteiger partial charge is 0.493 e. The van der Waals surface area contributed by atoms with Crippen LogP contribution >= 0.6 is 0 Å². The van der Waals surface area contributed by atoms with Gasteiger partial charge in [-0.05, 0) is 53.6 Å². The first kappa shape index (κ1) is 18.9. The zero-order valence-corrected chi connectivity index (χ0v) is 15.4. The van der Waals surface area contributed by atoms with Crippen LogP contribution in [-0.2, 0) is 0 Å². The molecule has 28 heavy (non-hydrogen) atoms. The van der Waals surface area contributed by atoms with E-state index in [-0.39, 0.29) is 0 Å². The summed E-state index contributed by atoms with van der Waals surface area (Å²) in [6.07, 6.45) is 3.42. The van der Waals surface area contributed by atoms with Crippen LogP contribution in [0.25, 0.3) is 11.1 Å². The summed E-state index contributed by atoms with van der Waals surface area (Å²) in [6.45, 7) is 0. The lowest BCUT2D eigenvalue weighted by atomic mass is 10.1. The third kappa shape index (κ3) is 4.27. The number of amides is 2. The van der Waals surface area contributed by atoms with Gasteiger partial charge in [0.05, 0.1) is 14.2 Å². The maximum atomic E-state index is 12.3. The Morgan fingerprint density at radius 2 is 1.25 bits per heavy atom. The van der Waals surface area contributed by atoms with Gasteiger partial charge in [0.15, 0.2) is 11.5 Å². The molecule has 0 unspecified atom stereocenters. The molecule has 0 radical (unpaired) electrons. The summed E-state index contributed by atoms with van der Waals surface area (Å²) in [5, 5.41) is 0. The zero-order chi connectivity index (χ0) is 19.9. The van der Waals surface area contributed by atoms with Gasteiger partial charge in [0, 0.05) is 23.5 Å². The number of ether oxygens (including phenoxy) is 2. The van der Waals surface area contributed by atoms with Gasteiger partial charge in [-0.1, -0.05) is 12.1 Å². The van der Waals surface area contributed by atoms with Crippen LogP contribution in [0.5, 0.6) is 11.5 Å². The van der Waals surface area contributed by atoms with Gasteiger partial charge in [-0.15, -0.1) is 0 Å². The Labute approximate surface area is 162 Å². The minimum Gasteiger partial charge on any atom is -0.493 e. The van der Waals surface area contributed by atoms with E-state index in [0.29, 0.717) is 22.6 Å². The number of carbonyl (C=O) groups is 2. The van der Waals surface area contributed by atoms with Crippen molar-refractivity contribution < 1.29 is 19.1 Å². The van der Waals surface area contributed by atoms with Crippen LogP contribution in [-0.4, -0.2) is 31.0 Å². The summed E-state index contributed by atoms with van der Waals surface area (Å²) in [5.74, 6) is 0.0448. The second kappa shape index (κ2) is 8.68. The molecule has 0 aliphatic heterocycles. The highest BCUT2D eigenvalue weighted by Gasteiger charge is 2.12. The SMILES string of the molecule is COc1ccc(C(=O)NNC(=O)c2ccc(-c3ccncc3)cc2)cc1OC. The summed E-state index contributed by atoms with van der Waals surface area (Å²) in [5.41, 5.74) is 7.51. The predicted octanol–water partition coefficient (Wildman–Crippen LogP) is 2.84. The van der Waals surface area contributed by atoms with Crippen molar-refractivity contribution in [3.63, 3.8) is 0 Å². The summed E-state index contributed by atoms with van der Waals surface area (Å²) >= 11 is 0. The molecule has 0 aliphatic rings. The number of rotatable bonds is 5. The standard InChI is InChI=1S/C21H19N3O4/c1-27-18-8-7-17(13-19(18)28-2)21(26)24-23-20(25)16-5-3-14(4-6-16)15-9-11-22-12-10-15/h3-13H,1-2H3,(H,23,25)(H,24,26). The van der Waals surface area contributed by atoms with Gasteiger partial charge in [-0.25, -0.2) is 0 Å². The molecule has 142 valence electrons. The molecule has 7 heteroatoms. The zero-order valence-electron chi connectivity index (χ0n) is 15.4. The highest BCUT2D eigenvalue weighted by Crippen LogP contribution is 2.27. The molecule has 2 aromatic carbocycles. The molecule has 1 aromatic heterocycles.